The Morgan fingerprint density at radius 1 is 1.25 bits per heavy atom. The van der Waals surface area contributed by atoms with E-state index < -0.39 is 0 Å². The molecule has 0 aliphatic heterocycles. The number of hydrogen-bond donors (Lipinski definition) is 1. The highest BCUT2D eigenvalue weighted by Crippen LogP contribution is 2.27. The SMILES string of the molecule is N#Cc1ccccc1NCCC1CCCC1. The third-order valence-electron chi connectivity index (χ3n) is 3.39. The molecule has 0 amide bonds. The maximum Gasteiger partial charge on any atom is 0.101 e. The summed E-state index contributed by atoms with van der Waals surface area (Å²) < 4.78 is 0. The largest absolute Gasteiger partial charge is 0.384 e. The molecule has 0 heterocycles. The van der Waals surface area contributed by atoms with E-state index in [0.717, 1.165) is 23.7 Å². The second-order valence-electron chi connectivity index (χ2n) is 4.52. The lowest BCUT2D eigenvalue weighted by molar-refractivity contribution is 0.518. The van der Waals surface area contributed by atoms with Crippen LogP contribution >= 0.6 is 0 Å². The van der Waals surface area contributed by atoms with Crippen molar-refractivity contribution in [2.24, 2.45) is 5.92 Å². The number of hydrogen-bond acceptors (Lipinski definition) is 2. The average molecular weight is 214 g/mol. The van der Waals surface area contributed by atoms with Crippen LogP contribution in [0.15, 0.2) is 24.3 Å². The molecule has 16 heavy (non-hydrogen) atoms. The Hall–Kier alpha value is -1.49. The van der Waals surface area contributed by atoms with Crippen molar-refractivity contribution < 1.29 is 0 Å². The molecule has 0 aromatic heterocycles. The van der Waals surface area contributed by atoms with E-state index in [4.69, 9.17) is 5.26 Å². The maximum atomic E-state index is 8.94. The zero-order valence-corrected chi connectivity index (χ0v) is 9.58. The van der Waals surface area contributed by atoms with Crippen LogP contribution in [-0.4, -0.2) is 6.54 Å². The summed E-state index contributed by atoms with van der Waals surface area (Å²) >= 11 is 0. The lowest BCUT2D eigenvalue weighted by Crippen LogP contribution is -2.07. The molecular weight excluding hydrogens is 196 g/mol. The Balaban J connectivity index is 1.82. The molecule has 0 saturated heterocycles. The molecule has 1 aromatic carbocycles. The second kappa shape index (κ2) is 5.55. The Morgan fingerprint density at radius 3 is 2.75 bits per heavy atom. The number of nitrogens with zero attached hydrogens (tertiary/aromatic N) is 1. The number of nitriles is 1. The molecule has 1 aromatic rings. The highest BCUT2D eigenvalue weighted by atomic mass is 14.9. The van der Waals surface area contributed by atoms with Crippen LogP contribution in [0.25, 0.3) is 0 Å². The van der Waals surface area contributed by atoms with Crippen LogP contribution in [0.3, 0.4) is 0 Å². The van der Waals surface area contributed by atoms with Gasteiger partial charge in [0.05, 0.1) is 11.3 Å². The van der Waals surface area contributed by atoms with E-state index in [1.807, 2.05) is 24.3 Å². The molecule has 1 aliphatic carbocycles. The summed E-state index contributed by atoms with van der Waals surface area (Å²) in [6.07, 6.45) is 6.82. The zero-order valence-electron chi connectivity index (χ0n) is 9.58. The van der Waals surface area contributed by atoms with Gasteiger partial charge in [-0.2, -0.15) is 5.26 Å². The third-order valence-corrected chi connectivity index (χ3v) is 3.39. The summed E-state index contributed by atoms with van der Waals surface area (Å²) in [7, 11) is 0. The van der Waals surface area contributed by atoms with Gasteiger partial charge in [0.2, 0.25) is 0 Å². The van der Waals surface area contributed by atoms with Gasteiger partial charge in [0.15, 0.2) is 0 Å². The summed E-state index contributed by atoms with van der Waals surface area (Å²) in [5, 5.41) is 12.3. The Morgan fingerprint density at radius 2 is 2.00 bits per heavy atom. The van der Waals surface area contributed by atoms with Crippen LogP contribution in [0, 0.1) is 17.2 Å². The van der Waals surface area contributed by atoms with Crippen molar-refractivity contribution in [2.45, 2.75) is 32.1 Å². The van der Waals surface area contributed by atoms with Crippen molar-refractivity contribution in [2.75, 3.05) is 11.9 Å². The molecule has 1 aliphatic rings. The fraction of sp³-hybridized carbons (Fsp3) is 0.500. The molecule has 0 unspecified atom stereocenters. The molecule has 1 saturated carbocycles. The molecule has 2 nitrogen and oxygen atoms in total. The van der Waals surface area contributed by atoms with E-state index in [9.17, 15) is 0 Å². The van der Waals surface area contributed by atoms with Gasteiger partial charge in [-0.15, -0.1) is 0 Å². The predicted octanol–water partition coefficient (Wildman–Crippen LogP) is 3.55. The van der Waals surface area contributed by atoms with E-state index in [1.54, 1.807) is 0 Å². The van der Waals surface area contributed by atoms with E-state index in [0.29, 0.717) is 0 Å². The van der Waals surface area contributed by atoms with Gasteiger partial charge < -0.3 is 5.32 Å². The van der Waals surface area contributed by atoms with Crippen LogP contribution in [-0.2, 0) is 0 Å². The normalized spacial score (nSPS) is 15.9. The summed E-state index contributed by atoms with van der Waals surface area (Å²) in [5.74, 6) is 0.904. The first-order valence-electron chi connectivity index (χ1n) is 6.13. The Bertz CT molecular complexity index is 373. The van der Waals surface area contributed by atoms with Crippen molar-refractivity contribution in [3.63, 3.8) is 0 Å². The topological polar surface area (TPSA) is 35.8 Å². The number of benzene rings is 1. The van der Waals surface area contributed by atoms with Crippen molar-refractivity contribution >= 4 is 5.69 Å². The first kappa shape index (κ1) is 11.0. The van der Waals surface area contributed by atoms with Gasteiger partial charge in [-0.1, -0.05) is 37.8 Å². The number of anilines is 1. The fourth-order valence-corrected chi connectivity index (χ4v) is 2.44. The molecule has 1 N–H and O–H groups in total. The van der Waals surface area contributed by atoms with Crippen molar-refractivity contribution in [3.8, 4) is 6.07 Å². The van der Waals surface area contributed by atoms with E-state index >= 15 is 0 Å². The van der Waals surface area contributed by atoms with Gasteiger partial charge in [-0.25, -0.2) is 0 Å². The summed E-state index contributed by atoms with van der Waals surface area (Å²) in [6.45, 7) is 0.989. The lowest BCUT2D eigenvalue weighted by atomic mass is 10.0. The Kier molecular flexibility index (Phi) is 3.82. The zero-order chi connectivity index (χ0) is 11.2. The third kappa shape index (κ3) is 2.76. The van der Waals surface area contributed by atoms with Crippen molar-refractivity contribution in [1.82, 2.24) is 0 Å². The number of nitrogens with one attached hydrogen (secondary N) is 1. The molecule has 0 bridgehead atoms. The van der Waals surface area contributed by atoms with Gasteiger partial charge in [0, 0.05) is 6.54 Å². The predicted molar refractivity (Wildman–Crippen MR) is 66.2 cm³/mol. The highest BCUT2D eigenvalue weighted by Gasteiger charge is 2.14. The standard InChI is InChI=1S/C14H18N2/c15-11-13-7-3-4-8-14(13)16-10-9-12-5-1-2-6-12/h3-4,7-8,12,16H,1-2,5-6,9-10H2. The molecule has 0 spiro atoms. The summed E-state index contributed by atoms with van der Waals surface area (Å²) in [6, 6.07) is 9.92. The van der Waals surface area contributed by atoms with Crippen molar-refractivity contribution in [3.05, 3.63) is 29.8 Å². The van der Waals surface area contributed by atoms with Crippen LogP contribution in [0.4, 0.5) is 5.69 Å². The fourth-order valence-electron chi connectivity index (χ4n) is 2.44. The quantitative estimate of drug-likeness (QED) is 0.832. The van der Waals surface area contributed by atoms with Crippen LogP contribution in [0.1, 0.15) is 37.7 Å². The molecule has 0 radical (unpaired) electrons. The molecule has 2 heteroatoms. The minimum Gasteiger partial charge on any atom is -0.384 e. The highest BCUT2D eigenvalue weighted by molar-refractivity contribution is 5.56. The molecule has 1 fully saturated rings. The minimum absolute atomic E-state index is 0.744. The smallest absolute Gasteiger partial charge is 0.101 e. The molecular formula is C14H18N2. The Labute approximate surface area is 97.3 Å². The molecule has 84 valence electrons. The van der Waals surface area contributed by atoms with E-state index in [1.165, 1.54) is 32.1 Å². The van der Waals surface area contributed by atoms with E-state index in [-0.39, 0.29) is 0 Å². The first-order valence-corrected chi connectivity index (χ1v) is 6.13. The van der Waals surface area contributed by atoms with Gasteiger partial charge >= 0.3 is 0 Å². The van der Waals surface area contributed by atoms with E-state index in [2.05, 4.69) is 11.4 Å². The van der Waals surface area contributed by atoms with Gasteiger partial charge in [0.1, 0.15) is 6.07 Å². The molecule has 2 rings (SSSR count). The number of rotatable bonds is 4. The lowest BCUT2D eigenvalue weighted by Gasteiger charge is -2.11. The molecule has 0 atom stereocenters. The summed E-state index contributed by atoms with van der Waals surface area (Å²) in [4.78, 5) is 0. The van der Waals surface area contributed by atoms with Gasteiger partial charge in [-0.05, 0) is 24.5 Å². The first-order chi connectivity index (χ1) is 7.90. The van der Waals surface area contributed by atoms with Crippen molar-refractivity contribution in [1.29, 1.82) is 5.26 Å². The van der Waals surface area contributed by atoms with Crippen LogP contribution in [0.5, 0.6) is 0 Å². The number of para-hydroxylation sites is 1. The minimum atomic E-state index is 0.744. The van der Waals surface area contributed by atoms with Gasteiger partial charge in [-0.3, -0.25) is 0 Å². The monoisotopic (exact) mass is 214 g/mol. The average Bonchev–Trinajstić information content (AvgIpc) is 2.83. The van der Waals surface area contributed by atoms with Crippen LogP contribution < -0.4 is 5.32 Å². The van der Waals surface area contributed by atoms with Gasteiger partial charge in [0.25, 0.3) is 0 Å². The van der Waals surface area contributed by atoms with Crippen LogP contribution in [0.2, 0.25) is 0 Å². The maximum absolute atomic E-state index is 8.94. The second-order valence-corrected chi connectivity index (χ2v) is 4.52. The summed E-state index contributed by atoms with van der Waals surface area (Å²) in [5.41, 5.74) is 1.72.